The van der Waals surface area contributed by atoms with Crippen molar-refractivity contribution in [3.8, 4) is 5.75 Å². The van der Waals surface area contributed by atoms with Crippen molar-refractivity contribution in [1.82, 2.24) is 10.2 Å². The Hall–Kier alpha value is -0.550. The van der Waals surface area contributed by atoms with Gasteiger partial charge in [-0.1, -0.05) is 25.5 Å². The van der Waals surface area contributed by atoms with Gasteiger partial charge in [0.05, 0.1) is 7.11 Å². The lowest BCUT2D eigenvalue weighted by Gasteiger charge is -2.35. The number of nitrogens with one attached hydrogen (secondary N) is 1. The van der Waals surface area contributed by atoms with E-state index in [9.17, 15) is 4.39 Å². The number of ether oxygens (including phenoxy) is 1. The topological polar surface area (TPSA) is 24.5 Å². The van der Waals surface area contributed by atoms with Crippen LogP contribution in [0.15, 0.2) is 18.2 Å². The number of methoxy groups -OCH3 is 1. The van der Waals surface area contributed by atoms with Crippen molar-refractivity contribution in [3.05, 3.63) is 29.6 Å². The Balaban J connectivity index is 0.00000200. The SMILES string of the molecule is CCC[C@H](c1cccc(OC)c1F)N1CCNCC1.Cl.Cl. The summed E-state index contributed by atoms with van der Waals surface area (Å²) in [6, 6.07) is 5.60. The maximum Gasteiger partial charge on any atom is 0.169 e. The van der Waals surface area contributed by atoms with Gasteiger partial charge in [0.15, 0.2) is 11.6 Å². The molecule has 0 unspecified atom stereocenters. The van der Waals surface area contributed by atoms with E-state index in [0.717, 1.165) is 44.6 Å². The fraction of sp³-hybridized carbons (Fsp3) is 0.600. The first kappa shape index (κ1) is 20.5. The Bertz CT molecular complexity index is 415. The molecule has 1 N–H and O–H groups in total. The Kier molecular flexibility index (Phi) is 9.95. The van der Waals surface area contributed by atoms with Crippen LogP contribution in [-0.4, -0.2) is 38.2 Å². The smallest absolute Gasteiger partial charge is 0.169 e. The van der Waals surface area contributed by atoms with E-state index in [1.54, 1.807) is 6.07 Å². The molecule has 0 aliphatic carbocycles. The quantitative estimate of drug-likeness (QED) is 0.890. The van der Waals surface area contributed by atoms with Crippen LogP contribution >= 0.6 is 24.8 Å². The molecule has 1 heterocycles. The zero-order valence-electron chi connectivity index (χ0n) is 12.6. The number of hydrogen-bond donors (Lipinski definition) is 1. The summed E-state index contributed by atoms with van der Waals surface area (Å²) in [4.78, 5) is 2.37. The summed E-state index contributed by atoms with van der Waals surface area (Å²) in [6.07, 6.45) is 2.02. The van der Waals surface area contributed by atoms with Crippen LogP contribution < -0.4 is 10.1 Å². The zero-order valence-corrected chi connectivity index (χ0v) is 14.2. The van der Waals surface area contributed by atoms with Crippen LogP contribution in [0.1, 0.15) is 31.4 Å². The lowest BCUT2D eigenvalue weighted by molar-refractivity contribution is 0.161. The van der Waals surface area contributed by atoms with Gasteiger partial charge in [-0.3, -0.25) is 4.90 Å². The van der Waals surface area contributed by atoms with Gasteiger partial charge >= 0.3 is 0 Å². The molecule has 21 heavy (non-hydrogen) atoms. The van der Waals surface area contributed by atoms with Crippen molar-refractivity contribution in [2.75, 3.05) is 33.3 Å². The summed E-state index contributed by atoms with van der Waals surface area (Å²) >= 11 is 0. The molecule has 1 aromatic rings. The van der Waals surface area contributed by atoms with E-state index in [1.807, 2.05) is 12.1 Å². The minimum absolute atomic E-state index is 0. The molecule has 0 spiro atoms. The zero-order chi connectivity index (χ0) is 13.7. The van der Waals surface area contributed by atoms with Gasteiger partial charge in [0.2, 0.25) is 0 Å². The first-order valence-corrected chi connectivity index (χ1v) is 7.05. The van der Waals surface area contributed by atoms with E-state index in [0.29, 0.717) is 5.75 Å². The van der Waals surface area contributed by atoms with E-state index >= 15 is 0 Å². The molecule has 1 saturated heterocycles. The van der Waals surface area contributed by atoms with E-state index < -0.39 is 0 Å². The van der Waals surface area contributed by atoms with Crippen LogP contribution in [0.4, 0.5) is 4.39 Å². The summed E-state index contributed by atoms with van der Waals surface area (Å²) in [5.41, 5.74) is 0.767. The highest BCUT2D eigenvalue weighted by Crippen LogP contribution is 2.31. The van der Waals surface area contributed by atoms with Crippen molar-refractivity contribution in [2.24, 2.45) is 0 Å². The molecule has 0 amide bonds. The van der Waals surface area contributed by atoms with Crippen LogP contribution in [0.5, 0.6) is 5.75 Å². The fourth-order valence-electron chi connectivity index (χ4n) is 2.74. The average molecular weight is 339 g/mol. The summed E-state index contributed by atoms with van der Waals surface area (Å²) in [5.74, 6) is 0.135. The van der Waals surface area contributed by atoms with Crippen LogP contribution in [0.2, 0.25) is 0 Å². The molecule has 6 heteroatoms. The summed E-state index contributed by atoms with van der Waals surface area (Å²) < 4.78 is 19.5. The van der Waals surface area contributed by atoms with Gasteiger partial charge in [0.1, 0.15) is 0 Å². The molecule has 0 aromatic heterocycles. The Labute approximate surface area is 139 Å². The van der Waals surface area contributed by atoms with Crippen molar-refractivity contribution < 1.29 is 9.13 Å². The molecule has 1 atom stereocenters. The van der Waals surface area contributed by atoms with Gasteiger partial charge in [0.25, 0.3) is 0 Å². The third-order valence-corrected chi connectivity index (χ3v) is 3.73. The van der Waals surface area contributed by atoms with Gasteiger partial charge in [-0.25, -0.2) is 4.39 Å². The van der Waals surface area contributed by atoms with Gasteiger partial charge in [-0.05, 0) is 12.5 Å². The molecule has 1 aromatic carbocycles. The Morgan fingerprint density at radius 2 is 1.95 bits per heavy atom. The molecule has 0 radical (unpaired) electrons. The van der Waals surface area contributed by atoms with Crippen LogP contribution in [0.25, 0.3) is 0 Å². The molecule has 1 aliphatic rings. The minimum Gasteiger partial charge on any atom is -0.494 e. The molecular weight excluding hydrogens is 314 g/mol. The fourth-order valence-corrected chi connectivity index (χ4v) is 2.74. The molecule has 122 valence electrons. The first-order valence-electron chi connectivity index (χ1n) is 7.05. The number of hydrogen-bond acceptors (Lipinski definition) is 3. The highest BCUT2D eigenvalue weighted by molar-refractivity contribution is 5.85. The highest BCUT2D eigenvalue weighted by atomic mass is 35.5. The molecule has 1 aliphatic heterocycles. The van der Waals surface area contributed by atoms with Crippen molar-refractivity contribution in [1.29, 1.82) is 0 Å². The van der Waals surface area contributed by atoms with Crippen LogP contribution in [0, 0.1) is 5.82 Å². The van der Waals surface area contributed by atoms with Gasteiger partial charge in [-0.15, -0.1) is 24.8 Å². The summed E-state index contributed by atoms with van der Waals surface area (Å²) in [7, 11) is 1.52. The predicted molar refractivity (Wildman–Crippen MR) is 89.5 cm³/mol. The van der Waals surface area contributed by atoms with Crippen LogP contribution in [-0.2, 0) is 0 Å². The maximum atomic E-state index is 14.4. The normalized spacial score (nSPS) is 16.5. The second-order valence-electron chi connectivity index (χ2n) is 4.95. The van der Waals surface area contributed by atoms with E-state index in [-0.39, 0.29) is 36.7 Å². The van der Waals surface area contributed by atoms with E-state index in [1.165, 1.54) is 7.11 Å². The molecular formula is C15H25Cl2FN2O. The third-order valence-electron chi connectivity index (χ3n) is 3.73. The van der Waals surface area contributed by atoms with Crippen LogP contribution in [0.3, 0.4) is 0 Å². The number of piperazine rings is 1. The lowest BCUT2D eigenvalue weighted by Crippen LogP contribution is -2.45. The lowest BCUT2D eigenvalue weighted by atomic mass is 9.99. The van der Waals surface area contributed by atoms with Crippen molar-refractivity contribution in [2.45, 2.75) is 25.8 Å². The van der Waals surface area contributed by atoms with Gasteiger partial charge in [0, 0.05) is 37.8 Å². The average Bonchev–Trinajstić information content (AvgIpc) is 2.46. The van der Waals surface area contributed by atoms with E-state index in [4.69, 9.17) is 4.74 Å². The predicted octanol–water partition coefficient (Wildman–Crippen LogP) is 3.42. The summed E-state index contributed by atoms with van der Waals surface area (Å²) in [6.45, 7) is 6.05. The molecule has 3 nitrogen and oxygen atoms in total. The molecule has 1 fully saturated rings. The molecule has 0 bridgehead atoms. The number of rotatable bonds is 5. The number of benzene rings is 1. The van der Waals surface area contributed by atoms with Gasteiger partial charge < -0.3 is 10.1 Å². The van der Waals surface area contributed by atoms with E-state index in [2.05, 4.69) is 17.1 Å². The molecule has 2 rings (SSSR count). The number of halogens is 3. The summed E-state index contributed by atoms with van der Waals surface area (Å²) in [5, 5.41) is 3.34. The second-order valence-corrected chi connectivity index (χ2v) is 4.95. The third kappa shape index (κ3) is 4.99. The van der Waals surface area contributed by atoms with Crippen molar-refractivity contribution >= 4 is 24.8 Å². The number of nitrogens with zero attached hydrogens (tertiary/aromatic N) is 1. The minimum atomic E-state index is -0.206. The van der Waals surface area contributed by atoms with Gasteiger partial charge in [-0.2, -0.15) is 0 Å². The Morgan fingerprint density at radius 3 is 2.52 bits per heavy atom. The standard InChI is InChI=1S/C15H23FN2O.2ClH/c1-3-5-13(18-10-8-17-9-11-18)12-6-4-7-14(19-2)15(12)16;;/h4,6-7,13,17H,3,5,8-11H2,1-2H3;2*1H/t13-;;/m1../s1. The maximum absolute atomic E-state index is 14.4. The molecule has 0 saturated carbocycles. The largest absolute Gasteiger partial charge is 0.494 e. The first-order chi connectivity index (χ1) is 9.27. The second kappa shape index (κ2) is 10.2. The Morgan fingerprint density at radius 1 is 1.29 bits per heavy atom. The van der Waals surface area contributed by atoms with Crippen molar-refractivity contribution in [3.63, 3.8) is 0 Å². The highest BCUT2D eigenvalue weighted by Gasteiger charge is 2.25. The monoisotopic (exact) mass is 338 g/mol.